The molecule has 0 aromatic carbocycles. The van der Waals surface area contributed by atoms with Crippen LogP contribution in [0.1, 0.15) is 36.7 Å². The molecule has 0 radical (unpaired) electrons. The fraction of sp³-hybridized carbons (Fsp3) is 0.727. The number of rotatable bonds is 4. The van der Waals surface area contributed by atoms with E-state index in [0.717, 1.165) is 26.1 Å². The molecule has 0 amide bonds. The number of aromatic nitrogens is 3. The number of carboxylic acids is 1. The van der Waals surface area contributed by atoms with Gasteiger partial charge in [-0.2, -0.15) is 0 Å². The van der Waals surface area contributed by atoms with Crippen molar-refractivity contribution in [2.75, 3.05) is 13.1 Å². The molecule has 2 rings (SSSR count). The zero-order chi connectivity index (χ0) is 12.3. The van der Waals surface area contributed by atoms with Gasteiger partial charge in [-0.1, -0.05) is 18.6 Å². The van der Waals surface area contributed by atoms with Crippen LogP contribution in [0.4, 0.5) is 0 Å². The molecule has 1 saturated heterocycles. The van der Waals surface area contributed by atoms with Crippen LogP contribution < -0.4 is 0 Å². The van der Waals surface area contributed by atoms with Gasteiger partial charge in [-0.15, -0.1) is 5.10 Å². The lowest BCUT2D eigenvalue weighted by atomic mass is 10.0. The lowest BCUT2D eigenvalue weighted by Crippen LogP contribution is -2.41. The van der Waals surface area contributed by atoms with Crippen molar-refractivity contribution in [2.45, 2.75) is 38.8 Å². The smallest absolute Gasteiger partial charge is 0.358 e. The number of aromatic carboxylic acids is 1. The lowest BCUT2D eigenvalue weighted by Gasteiger charge is -2.34. The monoisotopic (exact) mass is 238 g/mol. The first-order chi connectivity index (χ1) is 8.20. The fourth-order valence-corrected chi connectivity index (χ4v) is 2.38. The normalized spacial score (nSPS) is 21.6. The van der Waals surface area contributed by atoms with Gasteiger partial charge in [0.15, 0.2) is 5.69 Å². The zero-order valence-corrected chi connectivity index (χ0v) is 10.0. The highest BCUT2D eigenvalue weighted by atomic mass is 16.4. The number of hydrogen-bond acceptors (Lipinski definition) is 4. The Hall–Kier alpha value is -1.43. The molecule has 1 aromatic rings. The Balaban J connectivity index is 2.00. The van der Waals surface area contributed by atoms with Gasteiger partial charge in [-0.25, -0.2) is 4.79 Å². The summed E-state index contributed by atoms with van der Waals surface area (Å²) < 4.78 is 1.64. The quantitative estimate of drug-likeness (QED) is 0.842. The first-order valence-corrected chi connectivity index (χ1v) is 6.08. The van der Waals surface area contributed by atoms with Crippen LogP contribution in [0, 0.1) is 0 Å². The van der Waals surface area contributed by atoms with Crippen LogP contribution in [-0.4, -0.2) is 50.1 Å². The van der Waals surface area contributed by atoms with E-state index in [-0.39, 0.29) is 5.69 Å². The van der Waals surface area contributed by atoms with Crippen molar-refractivity contribution in [2.24, 2.45) is 0 Å². The van der Waals surface area contributed by atoms with Crippen LogP contribution >= 0.6 is 0 Å². The van der Waals surface area contributed by atoms with Crippen molar-refractivity contribution in [3.8, 4) is 0 Å². The molecule has 1 N–H and O–H groups in total. The molecule has 0 aliphatic carbocycles. The number of nitrogens with zero attached hydrogens (tertiary/aromatic N) is 4. The summed E-state index contributed by atoms with van der Waals surface area (Å²) in [6.45, 7) is 5.04. The molecule has 2 heterocycles. The van der Waals surface area contributed by atoms with E-state index in [1.807, 2.05) is 0 Å². The predicted molar refractivity (Wildman–Crippen MR) is 61.9 cm³/mol. The number of piperidine rings is 1. The maximum atomic E-state index is 10.7. The van der Waals surface area contributed by atoms with Crippen molar-refractivity contribution in [1.29, 1.82) is 0 Å². The van der Waals surface area contributed by atoms with Gasteiger partial charge in [0.05, 0.1) is 12.7 Å². The Morgan fingerprint density at radius 1 is 1.59 bits per heavy atom. The Bertz CT molecular complexity index is 391. The minimum atomic E-state index is -1.02. The first-order valence-electron chi connectivity index (χ1n) is 6.08. The van der Waals surface area contributed by atoms with Crippen molar-refractivity contribution in [1.82, 2.24) is 19.9 Å². The van der Waals surface area contributed by atoms with E-state index >= 15 is 0 Å². The van der Waals surface area contributed by atoms with Crippen LogP contribution in [0.5, 0.6) is 0 Å². The van der Waals surface area contributed by atoms with E-state index < -0.39 is 5.97 Å². The highest BCUT2D eigenvalue weighted by Gasteiger charge is 2.22. The standard InChI is InChI=1S/C11H18N4O2/c1-2-14-6-4-3-5-9(14)7-15-8-10(11(16)17)12-13-15/h8-9H,2-7H2,1H3,(H,16,17)/t9-/m1/s1. The third-order valence-electron chi connectivity index (χ3n) is 3.31. The van der Waals surface area contributed by atoms with Crippen molar-refractivity contribution in [3.63, 3.8) is 0 Å². The van der Waals surface area contributed by atoms with Crippen LogP contribution in [0.15, 0.2) is 6.20 Å². The van der Waals surface area contributed by atoms with Gasteiger partial charge in [0.2, 0.25) is 0 Å². The van der Waals surface area contributed by atoms with Gasteiger partial charge in [-0.05, 0) is 25.9 Å². The highest BCUT2D eigenvalue weighted by Crippen LogP contribution is 2.17. The third-order valence-corrected chi connectivity index (χ3v) is 3.31. The van der Waals surface area contributed by atoms with Crippen LogP contribution in [0.2, 0.25) is 0 Å². The molecule has 6 heteroatoms. The van der Waals surface area contributed by atoms with E-state index in [0.29, 0.717) is 6.04 Å². The molecule has 0 spiro atoms. The van der Waals surface area contributed by atoms with E-state index in [1.165, 1.54) is 19.0 Å². The molecular weight excluding hydrogens is 220 g/mol. The van der Waals surface area contributed by atoms with Gasteiger partial charge in [-0.3, -0.25) is 9.58 Å². The summed E-state index contributed by atoms with van der Waals surface area (Å²) in [5.41, 5.74) is 0.0175. The summed E-state index contributed by atoms with van der Waals surface area (Å²) in [5, 5.41) is 16.3. The molecule has 6 nitrogen and oxygen atoms in total. The SMILES string of the molecule is CCN1CCCC[C@@H]1Cn1cc(C(=O)O)nn1. The number of carboxylic acid groups (broad SMARTS) is 1. The van der Waals surface area contributed by atoms with Gasteiger partial charge < -0.3 is 5.11 Å². The van der Waals surface area contributed by atoms with Crippen molar-refractivity contribution < 1.29 is 9.90 Å². The first kappa shape index (κ1) is 12.0. The van der Waals surface area contributed by atoms with Gasteiger partial charge in [0.25, 0.3) is 0 Å². The number of likely N-dealkylation sites (N-methyl/N-ethyl adjacent to an activating group) is 1. The maximum absolute atomic E-state index is 10.7. The number of carbonyl (C=O) groups is 1. The minimum Gasteiger partial charge on any atom is -0.476 e. The maximum Gasteiger partial charge on any atom is 0.358 e. The minimum absolute atomic E-state index is 0.0175. The van der Waals surface area contributed by atoms with E-state index in [1.54, 1.807) is 4.68 Å². The Morgan fingerprint density at radius 3 is 3.06 bits per heavy atom. The van der Waals surface area contributed by atoms with E-state index in [9.17, 15) is 4.79 Å². The average Bonchev–Trinajstić information content (AvgIpc) is 2.78. The molecular formula is C11H18N4O2. The molecule has 0 unspecified atom stereocenters. The summed E-state index contributed by atoms with van der Waals surface area (Å²) in [7, 11) is 0. The molecule has 17 heavy (non-hydrogen) atoms. The van der Waals surface area contributed by atoms with Crippen molar-refractivity contribution in [3.05, 3.63) is 11.9 Å². The molecule has 1 atom stereocenters. The summed E-state index contributed by atoms with van der Waals surface area (Å²) in [5.74, 6) is -1.02. The second-order valence-electron chi connectivity index (χ2n) is 4.41. The fourth-order valence-electron chi connectivity index (χ4n) is 2.38. The topological polar surface area (TPSA) is 71.2 Å². The van der Waals surface area contributed by atoms with Crippen LogP contribution in [-0.2, 0) is 6.54 Å². The second kappa shape index (κ2) is 5.27. The number of likely N-dealkylation sites (tertiary alicyclic amines) is 1. The number of hydrogen-bond donors (Lipinski definition) is 1. The summed E-state index contributed by atoms with van der Waals surface area (Å²) in [4.78, 5) is 13.1. The van der Waals surface area contributed by atoms with Gasteiger partial charge in [0, 0.05) is 6.04 Å². The predicted octanol–water partition coefficient (Wildman–Crippen LogP) is 0.851. The average molecular weight is 238 g/mol. The molecule has 1 fully saturated rings. The Morgan fingerprint density at radius 2 is 2.41 bits per heavy atom. The second-order valence-corrected chi connectivity index (χ2v) is 4.41. The van der Waals surface area contributed by atoms with Gasteiger partial charge in [0.1, 0.15) is 0 Å². The summed E-state index contributed by atoms with van der Waals surface area (Å²) >= 11 is 0. The van der Waals surface area contributed by atoms with Crippen LogP contribution in [0.3, 0.4) is 0 Å². The molecule has 0 bridgehead atoms. The largest absolute Gasteiger partial charge is 0.476 e. The Labute approximate surface area is 100 Å². The van der Waals surface area contributed by atoms with E-state index in [4.69, 9.17) is 5.11 Å². The summed E-state index contributed by atoms with van der Waals surface area (Å²) in [6.07, 6.45) is 5.14. The zero-order valence-electron chi connectivity index (χ0n) is 10.0. The van der Waals surface area contributed by atoms with Crippen LogP contribution in [0.25, 0.3) is 0 Å². The molecule has 1 aromatic heterocycles. The highest BCUT2D eigenvalue weighted by molar-refractivity contribution is 5.84. The molecule has 1 aliphatic rings. The Kier molecular flexibility index (Phi) is 3.73. The summed E-state index contributed by atoms with van der Waals surface area (Å²) in [6, 6.07) is 0.456. The van der Waals surface area contributed by atoms with E-state index in [2.05, 4.69) is 22.1 Å². The van der Waals surface area contributed by atoms with Gasteiger partial charge >= 0.3 is 5.97 Å². The molecule has 0 saturated carbocycles. The van der Waals surface area contributed by atoms with Crippen molar-refractivity contribution >= 4 is 5.97 Å². The molecule has 94 valence electrons. The third kappa shape index (κ3) is 2.82. The molecule has 1 aliphatic heterocycles. The lowest BCUT2D eigenvalue weighted by molar-refractivity contribution is 0.0690.